The van der Waals surface area contributed by atoms with E-state index < -0.39 is 0 Å². The number of likely N-dealkylation sites (tertiary alicyclic amines) is 1. The van der Waals surface area contributed by atoms with Crippen LogP contribution in [0.25, 0.3) is 0 Å². The Kier molecular flexibility index (Phi) is 3.57. The highest BCUT2D eigenvalue weighted by Crippen LogP contribution is 2.54. The second-order valence-electron chi connectivity index (χ2n) is 8.73. The van der Waals surface area contributed by atoms with E-state index >= 15 is 0 Å². The zero-order valence-corrected chi connectivity index (χ0v) is 15.6. The standard InChI is InChI=1S/C18H28N4OS/c1-14-7-16(20(2)19-14)24-22-5-3-17(4-6-22)8-15(9-17)21-10-18(11-21)12-23-13-18/h7,15H,3-6,8-13H2,1-2H3. The lowest BCUT2D eigenvalue weighted by atomic mass is 9.59. The van der Waals surface area contributed by atoms with E-state index in [9.17, 15) is 0 Å². The summed E-state index contributed by atoms with van der Waals surface area (Å²) in [6.07, 6.45) is 5.62. The van der Waals surface area contributed by atoms with Crippen molar-refractivity contribution in [2.75, 3.05) is 39.4 Å². The number of ether oxygens (including phenoxy) is 1. The summed E-state index contributed by atoms with van der Waals surface area (Å²) in [5, 5.41) is 5.72. The van der Waals surface area contributed by atoms with Crippen molar-refractivity contribution < 1.29 is 4.74 Å². The van der Waals surface area contributed by atoms with Crippen molar-refractivity contribution in [3.05, 3.63) is 11.8 Å². The molecule has 24 heavy (non-hydrogen) atoms. The molecule has 132 valence electrons. The molecule has 1 saturated carbocycles. The van der Waals surface area contributed by atoms with Gasteiger partial charge >= 0.3 is 0 Å². The number of aromatic nitrogens is 2. The summed E-state index contributed by atoms with van der Waals surface area (Å²) >= 11 is 1.89. The molecule has 3 saturated heterocycles. The number of hydrogen-bond acceptors (Lipinski definition) is 5. The van der Waals surface area contributed by atoms with Crippen molar-refractivity contribution in [2.24, 2.45) is 17.9 Å². The van der Waals surface area contributed by atoms with Crippen molar-refractivity contribution >= 4 is 11.9 Å². The van der Waals surface area contributed by atoms with Crippen molar-refractivity contribution in [3.63, 3.8) is 0 Å². The Morgan fingerprint density at radius 3 is 2.42 bits per heavy atom. The molecule has 0 amide bonds. The molecule has 4 fully saturated rings. The van der Waals surface area contributed by atoms with Gasteiger partial charge in [0.15, 0.2) is 0 Å². The average molecular weight is 349 g/mol. The maximum atomic E-state index is 5.40. The van der Waals surface area contributed by atoms with Crippen LogP contribution >= 0.6 is 11.9 Å². The molecular weight excluding hydrogens is 320 g/mol. The Morgan fingerprint density at radius 1 is 1.17 bits per heavy atom. The molecule has 5 nitrogen and oxygen atoms in total. The minimum absolute atomic E-state index is 0.573. The van der Waals surface area contributed by atoms with E-state index in [0.29, 0.717) is 10.8 Å². The van der Waals surface area contributed by atoms with Crippen LogP contribution in [0.5, 0.6) is 0 Å². The number of hydrogen-bond donors (Lipinski definition) is 0. The predicted molar refractivity (Wildman–Crippen MR) is 94.9 cm³/mol. The van der Waals surface area contributed by atoms with Crippen molar-refractivity contribution in [1.29, 1.82) is 0 Å². The lowest BCUT2D eigenvalue weighted by molar-refractivity contribution is -0.215. The molecular formula is C18H28N4OS. The molecule has 0 N–H and O–H groups in total. The van der Waals surface area contributed by atoms with Crippen molar-refractivity contribution in [1.82, 2.24) is 19.0 Å². The summed E-state index contributed by atoms with van der Waals surface area (Å²) in [6, 6.07) is 3.06. The molecule has 3 aliphatic heterocycles. The summed E-state index contributed by atoms with van der Waals surface area (Å²) in [4.78, 5) is 2.73. The predicted octanol–water partition coefficient (Wildman–Crippen LogP) is 2.31. The van der Waals surface area contributed by atoms with Gasteiger partial charge in [0.05, 0.1) is 18.9 Å². The lowest BCUT2D eigenvalue weighted by Crippen LogP contribution is -2.70. The van der Waals surface area contributed by atoms with E-state index in [1.54, 1.807) is 0 Å². The van der Waals surface area contributed by atoms with Gasteiger partial charge in [0.2, 0.25) is 0 Å². The van der Waals surface area contributed by atoms with Crippen LogP contribution in [0.1, 0.15) is 31.4 Å². The highest BCUT2D eigenvalue weighted by molar-refractivity contribution is 7.97. The Balaban J connectivity index is 1.10. The van der Waals surface area contributed by atoms with Gasteiger partial charge in [0, 0.05) is 44.7 Å². The maximum Gasteiger partial charge on any atom is 0.109 e. The lowest BCUT2D eigenvalue weighted by Gasteiger charge is -2.63. The highest BCUT2D eigenvalue weighted by Gasteiger charge is 2.55. The first-order valence-corrected chi connectivity index (χ1v) is 10.1. The SMILES string of the molecule is Cc1cc(SN2CCC3(CC2)CC(N2CC4(COC4)C2)C3)n(C)n1. The molecule has 4 aliphatic rings. The minimum Gasteiger partial charge on any atom is -0.380 e. The summed E-state index contributed by atoms with van der Waals surface area (Å²) in [7, 11) is 2.05. The Bertz CT molecular complexity index is 617. The Morgan fingerprint density at radius 2 is 1.88 bits per heavy atom. The normalized spacial score (nSPS) is 29.4. The fourth-order valence-electron chi connectivity index (χ4n) is 5.11. The van der Waals surface area contributed by atoms with Crippen LogP contribution in [0.2, 0.25) is 0 Å². The van der Waals surface area contributed by atoms with E-state index in [1.165, 1.54) is 56.9 Å². The molecule has 2 spiro atoms. The fraction of sp³-hybridized carbons (Fsp3) is 0.833. The first-order valence-electron chi connectivity index (χ1n) is 9.30. The minimum atomic E-state index is 0.573. The first kappa shape index (κ1) is 15.7. The summed E-state index contributed by atoms with van der Waals surface area (Å²) < 4.78 is 9.95. The second-order valence-corrected chi connectivity index (χ2v) is 9.84. The third-order valence-electron chi connectivity index (χ3n) is 6.71. The molecule has 0 unspecified atom stereocenters. The monoisotopic (exact) mass is 348 g/mol. The van der Waals surface area contributed by atoms with Crippen LogP contribution in [0.4, 0.5) is 0 Å². The van der Waals surface area contributed by atoms with Gasteiger partial charge in [0.25, 0.3) is 0 Å². The van der Waals surface area contributed by atoms with Gasteiger partial charge in [-0.3, -0.25) is 9.58 Å². The molecule has 0 radical (unpaired) electrons. The smallest absolute Gasteiger partial charge is 0.109 e. The van der Waals surface area contributed by atoms with Crippen molar-refractivity contribution in [2.45, 2.75) is 43.7 Å². The summed E-state index contributed by atoms with van der Waals surface area (Å²) in [6.45, 7) is 9.14. The van der Waals surface area contributed by atoms with Gasteiger partial charge in [-0.15, -0.1) is 0 Å². The Hall–Kier alpha value is -0.560. The molecule has 5 rings (SSSR count). The van der Waals surface area contributed by atoms with Crippen LogP contribution in [0, 0.1) is 17.8 Å². The largest absolute Gasteiger partial charge is 0.380 e. The molecule has 0 aromatic carbocycles. The van der Waals surface area contributed by atoms with E-state index in [1.807, 2.05) is 23.7 Å². The topological polar surface area (TPSA) is 33.5 Å². The maximum absolute atomic E-state index is 5.40. The zero-order valence-electron chi connectivity index (χ0n) is 14.8. The number of nitrogens with zero attached hydrogens (tertiary/aromatic N) is 4. The van der Waals surface area contributed by atoms with Gasteiger partial charge in [-0.2, -0.15) is 5.10 Å². The van der Waals surface area contributed by atoms with Crippen LogP contribution in [-0.4, -0.2) is 64.4 Å². The molecule has 0 bridgehead atoms. The molecule has 1 aromatic heterocycles. The van der Waals surface area contributed by atoms with Gasteiger partial charge < -0.3 is 4.74 Å². The quantitative estimate of drug-likeness (QED) is 0.783. The molecule has 1 aliphatic carbocycles. The highest BCUT2D eigenvalue weighted by atomic mass is 32.2. The fourth-order valence-corrected chi connectivity index (χ4v) is 6.12. The number of rotatable bonds is 3. The van der Waals surface area contributed by atoms with Crippen LogP contribution in [0.3, 0.4) is 0 Å². The van der Waals surface area contributed by atoms with Gasteiger partial charge in [-0.25, -0.2) is 4.31 Å². The van der Waals surface area contributed by atoms with Crippen LogP contribution in [-0.2, 0) is 11.8 Å². The third kappa shape index (κ3) is 2.54. The van der Waals surface area contributed by atoms with E-state index in [-0.39, 0.29) is 0 Å². The van der Waals surface area contributed by atoms with Crippen LogP contribution < -0.4 is 0 Å². The van der Waals surface area contributed by atoms with Gasteiger partial charge in [-0.1, -0.05) is 0 Å². The molecule has 0 atom stereocenters. The number of aryl methyl sites for hydroxylation is 2. The molecule has 6 heteroatoms. The zero-order chi connectivity index (χ0) is 16.4. The molecule has 1 aromatic rings. The van der Waals surface area contributed by atoms with Gasteiger partial charge in [0.1, 0.15) is 5.03 Å². The summed E-state index contributed by atoms with van der Waals surface area (Å²) in [5.74, 6) is 0. The van der Waals surface area contributed by atoms with E-state index in [0.717, 1.165) is 24.9 Å². The third-order valence-corrected chi connectivity index (χ3v) is 7.90. The van der Waals surface area contributed by atoms with E-state index in [4.69, 9.17) is 4.74 Å². The van der Waals surface area contributed by atoms with E-state index in [2.05, 4.69) is 27.3 Å². The number of piperidine rings is 1. The van der Waals surface area contributed by atoms with Crippen LogP contribution in [0.15, 0.2) is 11.1 Å². The second kappa shape index (κ2) is 5.47. The average Bonchev–Trinajstić information content (AvgIpc) is 2.74. The Labute approximate surface area is 148 Å². The molecule has 4 heterocycles. The van der Waals surface area contributed by atoms with Gasteiger partial charge in [-0.05, 0) is 56.0 Å². The summed E-state index contributed by atoms with van der Waals surface area (Å²) in [5.41, 5.74) is 2.34. The first-order chi connectivity index (χ1) is 11.5. The van der Waals surface area contributed by atoms with Crippen molar-refractivity contribution in [3.8, 4) is 0 Å².